The summed E-state index contributed by atoms with van der Waals surface area (Å²) in [5.74, 6) is -0.240. The molecule has 2 nitrogen and oxygen atoms in total. The van der Waals surface area contributed by atoms with Gasteiger partial charge in [0, 0.05) is 17.1 Å². The molecule has 1 aromatic carbocycles. The minimum absolute atomic E-state index is 0.240. The van der Waals surface area contributed by atoms with Gasteiger partial charge < -0.3 is 10.2 Å². The average molecular weight is 320 g/mol. The number of thiocarbonyl (C=S) groups is 1. The molecule has 2 aromatic rings. The minimum Gasteiger partial charge on any atom is -0.340 e. The van der Waals surface area contributed by atoms with E-state index in [2.05, 4.69) is 18.0 Å². The zero-order valence-electron chi connectivity index (χ0n) is 11.8. The molecule has 0 spiro atoms. The van der Waals surface area contributed by atoms with Gasteiger partial charge in [-0.3, -0.25) is 0 Å². The van der Waals surface area contributed by atoms with Crippen molar-refractivity contribution in [3.8, 4) is 0 Å². The van der Waals surface area contributed by atoms with Crippen molar-refractivity contribution in [1.29, 1.82) is 0 Å². The van der Waals surface area contributed by atoms with Crippen LogP contribution in [0.2, 0.25) is 0 Å². The zero-order valence-corrected chi connectivity index (χ0v) is 13.4. The first-order chi connectivity index (χ1) is 10.1. The predicted molar refractivity (Wildman–Crippen MR) is 92.3 cm³/mol. The molecule has 0 amide bonds. The Morgan fingerprint density at radius 2 is 2.29 bits per heavy atom. The standard InChI is InChI=1S/C16H17FN2S2/c1-3-8-19(11-14-5-4-9-21-14)16(20)18-13-7-6-12(2)15(17)10-13/h3-7,9-10H,1,8,11H2,2H3,(H,18,20). The molecular formula is C16H17FN2S2. The summed E-state index contributed by atoms with van der Waals surface area (Å²) < 4.78 is 13.6. The van der Waals surface area contributed by atoms with E-state index < -0.39 is 0 Å². The molecule has 1 aromatic heterocycles. The lowest BCUT2D eigenvalue weighted by Crippen LogP contribution is -2.34. The van der Waals surface area contributed by atoms with Crippen molar-refractivity contribution < 1.29 is 4.39 Å². The van der Waals surface area contributed by atoms with E-state index >= 15 is 0 Å². The first-order valence-electron chi connectivity index (χ1n) is 6.55. The highest BCUT2D eigenvalue weighted by Gasteiger charge is 2.10. The highest BCUT2D eigenvalue weighted by molar-refractivity contribution is 7.80. The van der Waals surface area contributed by atoms with Crippen LogP contribution in [0.15, 0.2) is 48.4 Å². The van der Waals surface area contributed by atoms with Crippen LogP contribution in [0.4, 0.5) is 10.1 Å². The fraction of sp³-hybridized carbons (Fsp3) is 0.188. The third-order valence-electron chi connectivity index (χ3n) is 2.99. The lowest BCUT2D eigenvalue weighted by Gasteiger charge is -2.24. The van der Waals surface area contributed by atoms with E-state index in [1.807, 2.05) is 22.4 Å². The Morgan fingerprint density at radius 1 is 1.48 bits per heavy atom. The third-order valence-corrected chi connectivity index (χ3v) is 4.21. The van der Waals surface area contributed by atoms with E-state index in [1.54, 1.807) is 30.4 Å². The van der Waals surface area contributed by atoms with E-state index in [4.69, 9.17) is 12.2 Å². The number of thiophene rings is 1. The molecule has 0 saturated heterocycles. The Hall–Kier alpha value is -1.72. The van der Waals surface area contributed by atoms with E-state index in [0.29, 0.717) is 29.5 Å². The van der Waals surface area contributed by atoms with Gasteiger partial charge in [-0.25, -0.2) is 4.39 Å². The minimum atomic E-state index is -0.240. The SMILES string of the molecule is C=CCN(Cc1cccs1)C(=S)Nc1ccc(C)c(F)c1. The number of aryl methyl sites for hydroxylation is 1. The van der Waals surface area contributed by atoms with Crippen molar-refractivity contribution in [2.75, 3.05) is 11.9 Å². The molecule has 110 valence electrons. The molecule has 0 fully saturated rings. The smallest absolute Gasteiger partial charge is 0.174 e. The molecule has 1 N–H and O–H groups in total. The number of hydrogen-bond donors (Lipinski definition) is 1. The number of nitrogens with zero attached hydrogens (tertiary/aromatic N) is 1. The van der Waals surface area contributed by atoms with Crippen molar-refractivity contribution in [1.82, 2.24) is 4.90 Å². The number of benzene rings is 1. The lowest BCUT2D eigenvalue weighted by atomic mass is 10.2. The van der Waals surface area contributed by atoms with Gasteiger partial charge >= 0.3 is 0 Å². The van der Waals surface area contributed by atoms with Crippen LogP contribution < -0.4 is 5.32 Å². The molecule has 21 heavy (non-hydrogen) atoms. The second-order valence-electron chi connectivity index (χ2n) is 4.64. The highest BCUT2D eigenvalue weighted by atomic mass is 32.1. The Balaban J connectivity index is 2.07. The molecule has 0 aliphatic heterocycles. The monoisotopic (exact) mass is 320 g/mol. The lowest BCUT2D eigenvalue weighted by molar-refractivity contribution is 0.468. The van der Waals surface area contributed by atoms with Crippen LogP contribution in [0.3, 0.4) is 0 Å². The summed E-state index contributed by atoms with van der Waals surface area (Å²) in [4.78, 5) is 3.21. The van der Waals surface area contributed by atoms with Crippen LogP contribution in [-0.2, 0) is 6.54 Å². The maximum atomic E-state index is 13.6. The molecule has 2 rings (SSSR count). The molecule has 0 atom stereocenters. The quantitative estimate of drug-likeness (QED) is 0.641. The van der Waals surface area contributed by atoms with Crippen LogP contribution in [0.5, 0.6) is 0 Å². The predicted octanol–water partition coefficient (Wildman–Crippen LogP) is 4.58. The molecule has 1 heterocycles. The molecule has 0 aliphatic carbocycles. The molecule has 0 radical (unpaired) electrons. The van der Waals surface area contributed by atoms with Gasteiger partial charge in [-0.1, -0.05) is 18.2 Å². The van der Waals surface area contributed by atoms with Crippen molar-refractivity contribution in [2.45, 2.75) is 13.5 Å². The normalized spacial score (nSPS) is 10.2. The van der Waals surface area contributed by atoms with Crippen molar-refractivity contribution in [3.05, 3.63) is 64.6 Å². The maximum absolute atomic E-state index is 13.6. The van der Waals surface area contributed by atoms with E-state index in [-0.39, 0.29) is 5.82 Å². The average Bonchev–Trinajstić information content (AvgIpc) is 2.95. The summed E-state index contributed by atoms with van der Waals surface area (Å²) in [5, 5.41) is 5.68. The zero-order chi connectivity index (χ0) is 15.2. The number of hydrogen-bond acceptors (Lipinski definition) is 2. The van der Waals surface area contributed by atoms with Gasteiger partial charge in [-0.2, -0.15) is 0 Å². The van der Waals surface area contributed by atoms with E-state index in [9.17, 15) is 4.39 Å². The van der Waals surface area contributed by atoms with Crippen molar-refractivity contribution in [2.24, 2.45) is 0 Å². The van der Waals surface area contributed by atoms with Crippen LogP contribution in [0, 0.1) is 12.7 Å². The van der Waals surface area contributed by atoms with Gasteiger partial charge in [0.2, 0.25) is 0 Å². The summed E-state index contributed by atoms with van der Waals surface area (Å²) in [7, 11) is 0. The molecule has 5 heteroatoms. The summed E-state index contributed by atoms with van der Waals surface area (Å²) in [6.45, 7) is 6.84. The largest absolute Gasteiger partial charge is 0.340 e. The van der Waals surface area contributed by atoms with Crippen molar-refractivity contribution >= 4 is 34.4 Å². The third kappa shape index (κ3) is 4.37. The second-order valence-corrected chi connectivity index (χ2v) is 6.06. The highest BCUT2D eigenvalue weighted by Crippen LogP contribution is 2.16. The van der Waals surface area contributed by atoms with E-state index in [1.165, 1.54) is 10.9 Å². The first-order valence-corrected chi connectivity index (χ1v) is 7.84. The number of halogens is 1. The van der Waals surface area contributed by atoms with Crippen LogP contribution >= 0.6 is 23.6 Å². The summed E-state index contributed by atoms with van der Waals surface area (Å²) in [6.07, 6.45) is 1.80. The van der Waals surface area contributed by atoms with Crippen LogP contribution in [0.25, 0.3) is 0 Å². The molecular weight excluding hydrogens is 303 g/mol. The Morgan fingerprint density at radius 3 is 2.90 bits per heavy atom. The van der Waals surface area contributed by atoms with Crippen LogP contribution in [0.1, 0.15) is 10.4 Å². The Bertz CT molecular complexity index is 623. The first kappa shape index (κ1) is 15.7. The molecule has 0 unspecified atom stereocenters. The number of rotatable bonds is 5. The summed E-state index contributed by atoms with van der Waals surface area (Å²) >= 11 is 7.10. The van der Waals surface area contributed by atoms with Gasteiger partial charge in [0.1, 0.15) is 5.82 Å². The van der Waals surface area contributed by atoms with Gasteiger partial charge in [-0.05, 0) is 48.3 Å². The molecule has 0 bridgehead atoms. The fourth-order valence-electron chi connectivity index (χ4n) is 1.84. The van der Waals surface area contributed by atoms with Gasteiger partial charge in [0.05, 0.1) is 6.54 Å². The maximum Gasteiger partial charge on any atom is 0.174 e. The summed E-state index contributed by atoms with van der Waals surface area (Å²) in [6, 6.07) is 9.09. The van der Waals surface area contributed by atoms with Gasteiger partial charge in [0.25, 0.3) is 0 Å². The van der Waals surface area contributed by atoms with E-state index in [0.717, 1.165) is 0 Å². The molecule has 0 aliphatic rings. The van der Waals surface area contributed by atoms with Gasteiger partial charge in [0.15, 0.2) is 5.11 Å². The second kappa shape index (κ2) is 7.33. The topological polar surface area (TPSA) is 15.3 Å². The number of anilines is 1. The Labute approximate surface area is 133 Å². The fourth-order valence-corrected chi connectivity index (χ4v) is 2.82. The molecule has 0 saturated carbocycles. The van der Waals surface area contributed by atoms with Crippen molar-refractivity contribution in [3.63, 3.8) is 0 Å². The van der Waals surface area contributed by atoms with Crippen LogP contribution in [-0.4, -0.2) is 16.6 Å². The summed E-state index contributed by atoms with van der Waals surface area (Å²) in [5.41, 5.74) is 1.27. The Kier molecular flexibility index (Phi) is 5.47. The number of nitrogens with one attached hydrogen (secondary N) is 1. The van der Waals surface area contributed by atoms with Gasteiger partial charge in [-0.15, -0.1) is 17.9 Å².